The molecule has 0 radical (unpaired) electrons. The fourth-order valence-corrected chi connectivity index (χ4v) is 2.24. The van der Waals surface area contributed by atoms with E-state index in [-0.39, 0.29) is 30.3 Å². The molecule has 1 amide bonds. The lowest BCUT2D eigenvalue weighted by atomic mass is 10.1. The summed E-state index contributed by atoms with van der Waals surface area (Å²) in [7, 11) is 1.47. The second kappa shape index (κ2) is 7.65. The molecule has 0 aromatic heterocycles. The van der Waals surface area contributed by atoms with E-state index in [1.165, 1.54) is 25.3 Å². The molecule has 0 aliphatic rings. The van der Waals surface area contributed by atoms with Gasteiger partial charge in [-0.05, 0) is 30.3 Å². The summed E-state index contributed by atoms with van der Waals surface area (Å²) in [4.78, 5) is 24.1. The van der Waals surface area contributed by atoms with E-state index in [4.69, 9.17) is 16.3 Å². The molecule has 2 aromatic carbocycles. The van der Waals surface area contributed by atoms with Crippen LogP contribution in [-0.2, 0) is 4.79 Å². The number of anilines is 1. The van der Waals surface area contributed by atoms with Crippen LogP contribution in [0.15, 0.2) is 42.5 Å². The number of phenols is 1. The zero-order valence-electron chi connectivity index (χ0n) is 12.5. The monoisotopic (exact) mass is 333 g/mol. The standard InChI is InChI=1S/C17H16ClNO4/c1-23-16-7-5-11(18)9-14(16)15(21)6-8-17(22)19-12-3-2-4-13(20)10-12/h2-5,7,9-10,20H,6,8H2,1H3,(H,19,22). The largest absolute Gasteiger partial charge is 0.508 e. The van der Waals surface area contributed by atoms with E-state index in [2.05, 4.69) is 5.32 Å². The lowest BCUT2D eigenvalue weighted by Gasteiger charge is -2.08. The minimum atomic E-state index is -0.315. The molecule has 0 bridgehead atoms. The quantitative estimate of drug-likeness (QED) is 0.791. The summed E-state index contributed by atoms with van der Waals surface area (Å²) in [5.74, 6) is -0.0596. The average molecular weight is 334 g/mol. The Balaban J connectivity index is 1.96. The number of hydrogen-bond donors (Lipinski definition) is 2. The Labute approximate surface area is 138 Å². The maximum Gasteiger partial charge on any atom is 0.224 e. The number of ketones is 1. The molecule has 23 heavy (non-hydrogen) atoms. The SMILES string of the molecule is COc1ccc(Cl)cc1C(=O)CCC(=O)Nc1cccc(O)c1. The summed E-state index contributed by atoms with van der Waals surface area (Å²) in [6.45, 7) is 0. The topological polar surface area (TPSA) is 75.6 Å². The van der Waals surface area contributed by atoms with Crippen LogP contribution in [0, 0.1) is 0 Å². The van der Waals surface area contributed by atoms with Gasteiger partial charge in [-0.2, -0.15) is 0 Å². The second-order valence-electron chi connectivity index (χ2n) is 4.87. The van der Waals surface area contributed by atoms with Gasteiger partial charge >= 0.3 is 0 Å². The van der Waals surface area contributed by atoms with Gasteiger partial charge in [0.1, 0.15) is 11.5 Å². The van der Waals surface area contributed by atoms with Crippen LogP contribution < -0.4 is 10.1 Å². The van der Waals surface area contributed by atoms with Crippen molar-refractivity contribution in [1.29, 1.82) is 0 Å². The number of benzene rings is 2. The maximum atomic E-state index is 12.2. The highest BCUT2D eigenvalue weighted by atomic mass is 35.5. The zero-order chi connectivity index (χ0) is 16.8. The highest BCUT2D eigenvalue weighted by Gasteiger charge is 2.14. The highest BCUT2D eigenvalue weighted by molar-refractivity contribution is 6.31. The molecular weight excluding hydrogens is 318 g/mol. The number of amides is 1. The minimum Gasteiger partial charge on any atom is -0.508 e. The Morgan fingerprint density at radius 1 is 1.17 bits per heavy atom. The lowest BCUT2D eigenvalue weighted by Crippen LogP contribution is -2.13. The van der Waals surface area contributed by atoms with Crippen LogP contribution in [-0.4, -0.2) is 23.9 Å². The number of carbonyl (C=O) groups excluding carboxylic acids is 2. The number of aromatic hydroxyl groups is 1. The normalized spacial score (nSPS) is 10.2. The third kappa shape index (κ3) is 4.72. The first-order valence-corrected chi connectivity index (χ1v) is 7.33. The molecule has 2 aromatic rings. The third-order valence-electron chi connectivity index (χ3n) is 3.17. The van der Waals surface area contributed by atoms with Gasteiger partial charge < -0.3 is 15.2 Å². The molecule has 120 valence electrons. The molecule has 0 spiro atoms. The molecule has 5 nitrogen and oxygen atoms in total. The third-order valence-corrected chi connectivity index (χ3v) is 3.41. The first-order valence-electron chi connectivity index (χ1n) is 6.95. The molecule has 0 saturated carbocycles. The van der Waals surface area contributed by atoms with Crippen LogP contribution in [0.25, 0.3) is 0 Å². The molecule has 6 heteroatoms. The number of rotatable bonds is 6. The molecule has 2 N–H and O–H groups in total. The van der Waals surface area contributed by atoms with Gasteiger partial charge in [-0.25, -0.2) is 0 Å². The van der Waals surface area contributed by atoms with Crippen LogP contribution in [0.2, 0.25) is 5.02 Å². The first-order chi connectivity index (χ1) is 11.0. The van der Waals surface area contributed by atoms with Crippen LogP contribution in [0.1, 0.15) is 23.2 Å². The number of hydrogen-bond acceptors (Lipinski definition) is 4. The van der Waals surface area contributed by atoms with Gasteiger partial charge in [0, 0.05) is 29.6 Å². The summed E-state index contributed by atoms with van der Waals surface area (Å²) >= 11 is 5.89. The van der Waals surface area contributed by atoms with Crippen molar-refractivity contribution in [2.75, 3.05) is 12.4 Å². The van der Waals surface area contributed by atoms with E-state index in [9.17, 15) is 14.7 Å². The molecule has 0 heterocycles. The predicted molar refractivity (Wildman–Crippen MR) is 88.3 cm³/mol. The van der Waals surface area contributed by atoms with E-state index < -0.39 is 0 Å². The Bertz CT molecular complexity index is 730. The second-order valence-corrected chi connectivity index (χ2v) is 5.30. The van der Waals surface area contributed by atoms with E-state index in [0.29, 0.717) is 22.0 Å². The van der Waals surface area contributed by atoms with Crippen molar-refractivity contribution < 1.29 is 19.4 Å². The van der Waals surface area contributed by atoms with Crippen molar-refractivity contribution in [2.45, 2.75) is 12.8 Å². The number of carbonyl (C=O) groups is 2. The van der Waals surface area contributed by atoms with Gasteiger partial charge in [-0.15, -0.1) is 0 Å². The Morgan fingerprint density at radius 2 is 1.96 bits per heavy atom. The fraction of sp³-hybridized carbons (Fsp3) is 0.176. The minimum absolute atomic E-state index is 0.0180. The van der Waals surface area contributed by atoms with E-state index in [1.807, 2.05) is 0 Å². The van der Waals surface area contributed by atoms with Crippen LogP contribution in [0.4, 0.5) is 5.69 Å². The van der Waals surface area contributed by atoms with E-state index in [1.54, 1.807) is 24.3 Å². The summed E-state index contributed by atoms with van der Waals surface area (Å²) in [5, 5.41) is 12.4. The number of methoxy groups -OCH3 is 1. The Kier molecular flexibility index (Phi) is 5.60. The number of phenolic OH excluding ortho intramolecular Hbond substituents is 1. The van der Waals surface area contributed by atoms with Crippen molar-refractivity contribution in [1.82, 2.24) is 0 Å². The summed E-state index contributed by atoms with van der Waals surface area (Å²) < 4.78 is 5.13. The molecular formula is C17H16ClNO4. The van der Waals surface area contributed by atoms with E-state index >= 15 is 0 Å². The van der Waals surface area contributed by atoms with Crippen molar-refractivity contribution in [3.63, 3.8) is 0 Å². The van der Waals surface area contributed by atoms with Crippen LogP contribution >= 0.6 is 11.6 Å². The van der Waals surface area contributed by atoms with Gasteiger partial charge in [0.25, 0.3) is 0 Å². The lowest BCUT2D eigenvalue weighted by molar-refractivity contribution is -0.116. The maximum absolute atomic E-state index is 12.2. The van der Waals surface area contributed by atoms with Crippen molar-refractivity contribution in [3.05, 3.63) is 53.1 Å². The number of halogens is 1. The van der Waals surface area contributed by atoms with Gasteiger partial charge in [0.05, 0.1) is 12.7 Å². The molecule has 0 unspecified atom stereocenters. The molecule has 2 rings (SSSR count). The number of nitrogens with one attached hydrogen (secondary N) is 1. The zero-order valence-corrected chi connectivity index (χ0v) is 13.3. The molecule has 0 aliphatic carbocycles. The summed E-state index contributed by atoms with van der Waals surface area (Å²) in [5.41, 5.74) is 0.827. The van der Waals surface area contributed by atoms with Gasteiger partial charge in [-0.3, -0.25) is 9.59 Å². The number of ether oxygens (including phenoxy) is 1. The van der Waals surface area contributed by atoms with Crippen LogP contribution in [0.3, 0.4) is 0 Å². The van der Waals surface area contributed by atoms with Crippen molar-refractivity contribution in [3.8, 4) is 11.5 Å². The smallest absolute Gasteiger partial charge is 0.224 e. The molecule has 0 aliphatic heterocycles. The highest BCUT2D eigenvalue weighted by Crippen LogP contribution is 2.24. The van der Waals surface area contributed by atoms with E-state index in [0.717, 1.165) is 0 Å². The average Bonchev–Trinajstić information content (AvgIpc) is 2.52. The van der Waals surface area contributed by atoms with Gasteiger partial charge in [0.15, 0.2) is 5.78 Å². The predicted octanol–water partition coefficient (Wildman–Crippen LogP) is 3.66. The Morgan fingerprint density at radius 3 is 2.65 bits per heavy atom. The van der Waals surface area contributed by atoms with Crippen molar-refractivity contribution in [2.24, 2.45) is 0 Å². The Hall–Kier alpha value is -2.53. The van der Waals surface area contributed by atoms with Crippen molar-refractivity contribution >= 4 is 29.0 Å². The summed E-state index contributed by atoms with van der Waals surface area (Å²) in [6, 6.07) is 11.0. The molecule has 0 fully saturated rings. The summed E-state index contributed by atoms with van der Waals surface area (Å²) in [6.07, 6.45) is 0.0471. The molecule has 0 atom stereocenters. The molecule has 0 saturated heterocycles. The number of Topliss-reactive ketones (excluding diaryl/α,β-unsaturated/α-hetero) is 1. The van der Waals surface area contributed by atoms with Gasteiger partial charge in [0.2, 0.25) is 5.91 Å². The fourth-order valence-electron chi connectivity index (χ4n) is 2.07. The van der Waals surface area contributed by atoms with Gasteiger partial charge in [-0.1, -0.05) is 17.7 Å². The van der Waals surface area contributed by atoms with Crippen LogP contribution in [0.5, 0.6) is 11.5 Å². The first kappa shape index (κ1) is 16.8.